The minimum atomic E-state index is 0.136. The molecule has 0 amide bonds. The van der Waals surface area contributed by atoms with Crippen molar-refractivity contribution in [1.82, 2.24) is 9.88 Å². The number of aromatic nitrogens is 1. The summed E-state index contributed by atoms with van der Waals surface area (Å²) in [5, 5.41) is 12.2. The molecule has 0 aromatic carbocycles. The summed E-state index contributed by atoms with van der Waals surface area (Å²) in [4.78, 5) is 6.56. The summed E-state index contributed by atoms with van der Waals surface area (Å²) in [5.41, 5.74) is 0. The molecule has 1 aromatic heterocycles. The van der Waals surface area contributed by atoms with Crippen molar-refractivity contribution in [1.29, 1.82) is 5.26 Å². The first kappa shape index (κ1) is 14.6. The van der Waals surface area contributed by atoms with Crippen LogP contribution in [0.5, 0.6) is 5.75 Å². The van der Waals surface area contributed by atoms with Gasteiger partial charge in [0.2, 0.25) is 0 Å². The van der Waals surface area contributed by atoms with Crippen molar-refractivity contribution in [3.05, 3.63) is 18.3 Å². The van der Waals surface area contributed by atoms with Crippen LogP contribution < -0.4 is 10.1 Å². The van der Waals surface area contributed by atoms with Gasteiger partial charge in [0.05, 0.1) is 18.7 Å². The van der Waals surface area contributed by atoms with E-state index in [9.17, 15) is 0 Å². The first-order valence-corrected chi connectivity index (χ1v) is 7.16. The van der Waals surface area contributed by atoms with Gasteiger partial charge in [-0.15, -0.1) is 0 Å². The van der Waals surface area contributed by atoms with E-state index in [0.717, 1.165) is 37.5 Å². The number of hydrogen-bond donors (Lipinski definition) is 1. The van der Waals surface area contributed by atoms with E-state index in [0.29, 0.717) is 12.6 Å². The van der Waals surface area contributed by atoms with Crippen LogP contribution in [0.15, 0.2) is 18.3 Å². The molecule has 2 rings (SSSR count). The van der Waals surface area contributed by atoms with Gasteiger partial charge in [0.15, 0.2) is 11.6 Å². The second kappa shape index (κ2) is 7.11. The van der Waals surface area contributed by atoms with E-state index in [2.05, 4.69) is 21.3 Å². The molecular formula is C15H22N4O. The lowest BCUT2D eigenvalue weighted by atomic mass is 10.1. The van der Waals surface area contributed by atoms with Crippen LogP contribution in [0, 0.1) is 11.3 Å². The van der Waals surface area contributed by atoms with Gasteiger partial charge in [0, 0.05) is 25.3 Å². The molecule has 1 aliphatic rings. The van der Waals surface area contributed by atoms with Crippen molar-refractivity contribution in [2.45, 2.75) is 38.8 Å². The van der Waals surface area contributed by atoms with Crippen molar-refractivity contribution < 1.29 is 4.74 Å². The fraction of sp³-hybridized carbons (Fsp3) is 0.600. The van der Waals surface area contributed by atoms with Crippen molar-refractivity contribution in [2.75, 3.05) is 25.0 Å². The zero-order valence-electron chi connectivity index (χ0n) is 12.2. The molecule has 0 radical (unpaired) electrons. The first-order valence-electron chi connectivity index (χ1n) is 7.16. The predicted octanol–water partition coefficient (Wildman–Crippen LogP) is 2.27. The van der Waals surface area contributed by atoms with Crippen LogP contribution in [0.1, 0.15) is 26.7 Å². The quantitative estimate of drug-likeness (QED) is 0.835. The van der Waals surface area contributed by atoms with E-state index in [1.807, 2.05) is 26.0 Å². The van der Waals surface area contributed by atoms with Crippen LogP contribution in [-0.4, -0.2) is 41.7 Å². The van der Waals surface area contributed by atoms with Crippen LogP contribution in [0.3, 0.4) is 0 Å². The number of nitrogens with zero attached hydrogens (tertiary/aromatic N) is 3. The van der Waals surface area contributed by atoms with E-state index in [-0.39, 0.29) is 6.10 Å². The smallest absolute Gasteiger partial charge is 0.168 e. The number of likely N-dealkylation sites (tertiary alicyclic amines) is 1. The molecule has 1 saturated heterocycles. The van der Waals surface area contributed by atoms with E-state index in [1.165, 1.54) is 0 Å². The summed E-state index contributed by atoms with van der Waals surface area (Å²) in [7, 11) is 0. The highest BCUT2D eigenvalue weighted by atomic mass is 16.5. The Labute approximate surface area is 120 Å². The van der Waals surface area contributed by atoms with Gasteiger partial charge in [0.1, 0.15) is 0 Å². The maximum Gasteiger partial charge on any atom is 0.168 e. The van der Waals surface area contributed by atoms with Crippen molar-refractivity contribution in [3.8, 4) is 11.8 Å². The van der Waals surface area contributed by atoms with E-state index < -0.39 is 0 Å². The Morgan fingerprint density at radius 1 is 1.50 bits per heavy atom. The zero-order chi connectivity index (χ0) is 14.4. The Morgan fingerprint density at radius 3 is 2.90 bits per heavy atom. The SMILES string of the molecule is CC(C)Oc1cccnc1NC1CCN(CC#N)CC1. The van der Waals surface area contributed by atoms with Gasteiger partial charge in [-0.05, 0) is 38.8 Å². The molecule has 0 spiro atoms. The molecular weight excluding hydrogens is 252 g/mol. The molecule has 20 heavy (non-hydrogen) atoms. The van der Waals surface area contributed by atoms with E-state index in [4.69, 9.17) is 10.00 Å². The monoisotopic (exact) mass is 274 g/mol. The highest BCUT2D eigenvalue weighted by Gasteiger charge is 2.20. The highest BCUT2D eigenvalue weighted by Crippen LogP contribution is 2.25. The molecule has 5 nitrogen and oxygen atoms in total. The maximum absolute atomic E-state index is 8.71. The summed E-state index contributed by atoms with van der Waals surface area (Å²) in [6.07, 6.45) is 3.97. The lowest BCUT2D eigenvalue weighted by Crippen LogP contribution is -2.39. The average Bonchev–Trinajstić information content (AvgIpc) is 2.43. The van der Waals surface area contributed by atoms with Crippen LogP contribution in [0.4, 0.5) is 5.82 Å². The highest BCUT2D eigenvalue weighted by molar-refractivity contribution is 5.50. The minimum Gasteiger partial charge on any atom is -0.487 e. The number of ether oxygens (including phenoxy) is 1. The van der Waals surface area contributed by atoms with Gasteiger partial charge in [-0.2, -0.15) is 5.26 Å². The zero-order valence-corrected chi connectivity index (χ0v) is 12.2. The normalized spacial score (nSPS) is 16.9. The van der Waals surface area contributed by atoms with Crippen LogP contribution in [-0.2, 0) is 0 Å². The Balaban J connectivity index is 1.93. The third-order valence-corrected chi connectivity index (χ3v) is 3.36. The predicted molar refractivity (Wildman–Crippen MR) is 78.7 cm³/mol. The summed E-state index contributed by atoms with van der Waals surface area (Å²) < 4.78 is 5.77. The lowest BCUT2D eigenvalue weighted by Gasteiger charge is -2.31. The van der Waals surface area contributed by atoms with Gasteiger partial charge in [-0.25, -0.2) is 4.98 Å². The number of piperidine rings is 1. The second-order valence-electron chi connectivity index (χ2n) is 5.37. The van der Waals surface area contributed by atoms with Gasteiger partial charge >= 0.3 is 0 Å². The third kappa shape index (κ3) is 4.10. The summed E-state index contributed by atoms with van der Waals surface area (Å²) >= 11 is 0. The van der Waals surface area contributed by atoms with Crippen molar-refractivity contribution in [2.24, 2.45) is 0 Å². The van der Waals surface area contributed by atoms with Gasteiger partial charge in [-0.3, -0.25) is 4.90 Å². The molecule has 0 bridgehead atoms. The van der Waals surface area contributed by atoms with Crippen LogP contribution >= 0.6 is 0 Å². The number of pyridine rings is 1. The standard InChI is InChI=1S/C15H22N4O/c1-12(2)20-14-4-3-8-17-15(14)18-13-5-9-19(10-6-13)11-7-16/h3-4,8,12-13H,5-6,9-11H2,1-2H3,(H,17,18). The molecule has 0 atom stereocenters. The third-order valence-electron chi connectivity index (χ3n) is 3.36. The molecule has 2 heterocycles. The van der Waals surface area contributed by atoms with Gasteiger partial charge in [-0.1, -0.05) is 0 Å². The number of anilines is 1. The second-order valence-corrected chi connectivity index (χ2v) is 5.37. The topological polar surface area (TPSA) is 61.2 Å². The molecule has 1 N–H and O–H groups in total. The van der Waals surface area contributed by atoms with E-state index in [1.54, 1.807) is 6.20 Å². The Hall–Kier alpha value is -1.80. The van der Waals surface area contributed by atoms with Crippen LogP contribution in [0.2, 0.25) is 0 Å². The summed E-state index contributed by atoms with van der Waals surface area (Å²) in [6, 6.07) is 6.44. The Bertz CT molecular complexity index is 461. The number of nitriles is 1. The number of rotatable bonds is 5. The number of nitrogens with one attached hydrogen (secondary N) is 1. The molecule has 1 aliphatic heterocycles. The van der Waals surface area contributed by atoms with Gasteiger partial charge < -0.3 is 10.1 Å². The number of hydrogen-bond acceptors (Lipinski definition) is 5. The largest absolute Gasteiger partial charge is 0.487 e. The molecule has 0 saturated carbocycles. The average molecular weight is 274 g/mol. The lowest BCUT2D eigenvalue weighted by molar-refractivity contribution is 0.236. The molecule has 108 valence electrons. The summed E-state index contributed by atoms with van der Waals surface area (Å²) in [6.45, 7) is 6.46. The maximum atomic E-state index is 8.71. The van der Waals surface area contributed by atoms with Crippen LogP contribution in [0.25, 0.3) is 0 Å². The fourth-order valence-corrected chi connectivity index (χ4v) is 2.38. The van der Waals surface area contributed by atoms with Crippen molar-refractivity contribution in [3.63, 3.8) is 0 Å². The minimum absolute atomic E-state index is 0.136. The summed E-state index contributed by atoms with van der Waals surface area (Å²) in [5.74, 6) is 1.63. The molecule has 1 aromatic rings. The van der Waals surface area contributed by atoms with E-state index >= 15 is 0 Å². The molecule has 0 aliphatic carbocycles. The van der Waals surface area contributed by atoms with Crippen molar-refractivity contribution >= 4 is 5.82 Å². The molecule has 5 heteroatoms. The fourth-order valence-electron chi connectivity index (χ4n) is 2.38. The Morgan fingerprint density at radius 2 is 2.25 bits per heavy atom. The molecule has 1 fully saturated rings. The Kier molecular flexibility index (Phi) is 5.19. The first-order chi connectivity index (χ1) is 9.69. The van der Waals surface area contributed by atoms with Gasteiger partial charge in [0.25, 0.3) is 0 Å². The molecule has 0 unspecified atom stereocenters.